The number of aromatic nitrogens is 4. The van der Waals surface area contributed by atoms with Gasteiger partial charge in [0, 0.05) is 31.5 Å². The van der Waals surface area contributed by atoms with E-state index >= 15 is 0 Å². The number of rotatable bonds is 15. The fourth-order valence-electron chi connectivity index (χ4n) is 8.86. The highest BCUT2D eigenvalue weighted by atomic mass is 32.1. The van der Waals surface area contributed by atoms with Crippen LogP contribution in [0.2, 0.25) is 0 Å². The van der Waals surface area contributed by atoms with Gasteiger partial charge in [-0.25, -0.2) is 19.6 Å². The van der Waals surface area contributed by atoms with E-state index in [0.29, 0.717) is 25.9 Å². The van der Waals surface area contributed by atoms with Gasteiger partial charge in [-0.05, 0) is 112 Å². The monoisotopic (exact) mass is 874 g/mol. The summed E-state index contributed by atoms with van der Waals surface area (Å²) in [7, 11) is 0. The second kappa shape index (κ2) is 18.8. The molecule has 0 radical (unpaired) electrons. The summed E-state index contributed by atoms with van der Waals surface area (Å²) in [5.74, 6) is 1.26. The highest BCUT2D eigenvalue weighted by Crippen LogP contribution is 2.37. The van der Waals surface area contributed by atoms with Crippen molar-refractivity contribution >= 4 is 46.7 Å². The lowest BCUT2D eigenvalue weighted by Gasteiger charge is -2.25. The van der Waals surface area contributed by atoms with Gasteiger partial charge in [0.05, 0.1) is 48.7 Å². The fourth-order valence-corrected chi connectivity index (χ4v) is 10.2. The third-order valence-corrected chi connectivity index (χ3v) is 13.5. The summed E-state index contributed by atoms with van der Waals surface area (Å²) in [5.41, 5.74) is 20.9. The molecule has 4 amide bonds. The Labute approximate surface area is 367 Å². The molecule has 62 heavy (non-hydrogen) atoms. The summed E-state index contributed by atoms with van der Waals surface area (Å²) in [5, 5.41) is 7.85. The minimum atomic E-state index is -0.890. The summed E-state index contributed by atoms with van der Waals surface area (Å²) in [6.45, 7) is 5.43. The molecule has 14 nitrogen and oxygen atoms in total. The number of benzene rings is 2. The van der Waals surface area contributed by atoms with E-state index in [-0.39, 0.29) is 36.7 Å². The fraction of sp³-hybridized carbons (Fsp3) is 0.348. The summed E-state index contributed by atoms with van der Waals surface area (Å²) in [6, 6.07) is 16.1. The number of nitrogens with two attached hydrogens (primary N) is 2. The van der Waals surface area contributed by atoms with Crippen LogP contribution in [0, 0.1) is 13.8 Å². The van der Waals surface area contributed by atoms with Gasteiger partial charge in [-0.1, -0.05) is 36.4 Å². The van der Waals surface area contributed by atoms with E-state index in [1.54, 1.807) is 22.7 Å². The molecular weight excluding hydrogens is 825 g/mol. The molecule has 0 saturated carbocycles. The van der Waals surface area contributed by atoms with Gasteiger partial charge in [-0.3, -0.25) is 9.59 Å². The van der Waals surface area contributed by atoms with E-state index in [4.69, 9.17) is 30.9 Å². The number of H-pyrrole nitrogens is 2. The largest absolute Gasteiger partial charge is 0.445 e. The van der Waals surface area contributed by atoms with Gasteiger partial charge >= 0.3 is 12.2 Å². The van der Waals surface area contributed by atoms with E-state index < -0.39 is 24.4 Å². The van der Waals surface area contributed by atoms with Crippen LogP contribution in [-0.2, 0) is 31.9 Å². The third-order valence-electron chi connectivity index (χ3n) is 12.0. The Morgan fingerprint density at radius 3 is 1.65 bits per heavy atom. The molecule has 6 aromatic rings. The lowest BCUT2D eigenvalue weighted by atomic mass is 9.92. The minimum Gasteiger partial charge on any atom is -0.445 e. The molecule has 2 saturated heterocycles. The Bertz CT molecular complexity index is 2520. The number of carbonyl (C=O) groups excluding carboxylic acids is 4. The molecule has 4 aromatic heterocycles. The molecule has 0 bridgehead atoms. The zero-order valence-corrected chi connectivity index (χ0v) is 36.3. The molecular formula is C46H50N8O6S2. The van der Waals surface area contributed by atoms with Crippen LogP contribution in [-0.4, -0.2) is 79.0 Å². The van der Waals surface area contributed by atoms with Crippen LogP contribution in [0.15, 0.2) is 82.4 Å². The Kier molecular flexibility index (Phi) is 12.9. The zero-order chi connectivity index (χ0) is 43.3. The first-order valence-electron chi connectivity index (χ1n) is 20.8. The van der Waals surface area contributed by atoms with Crippen LogP contribution < -0.4 is 11.5 Å². The maximum atomic E-state index is 13.6. The smallest absolute Gasteiger partial charge is 0.404 e. The average Bonchev–Trinajstić information content (AvgIpc) is 4.09. The first-order valence-corrected chi connectivity index (χ1v) is 22.7. The topological polar surface area (TPSA) is 203 Å². The number of imidazole rings is 2. The molecule has 2 aromatic carbocycles. The molecule has 2 aliphatic heterocycles. The Hall–Kier alpha value is -6.26. The van der Waals surface area contributed by atoms with Crippen LogP contribution >= 0.6 is 22.7 Å². The summed E-state index contributed by atoms with van der Waals surface area (Å²) in [6.07, 6.45) is 4.77. The maximum absolute atomic E-state index is 13.6. The standard InChI is InChI=1S/C46H50N8O6S2/c1-27-28(2)36(38-24-50-44(52-38)40-6-4-16-54(40)42(56)22-34(60-46(48)58)20-30-14-18-62-26-30)12-11-35(27)31-7-9-32(10-8-31)37-23-49-43(51-37)39-5-3-15-53(39)41(55)21-33(59-45(47)57)19-29-13-17-61-25-29/h7-14,17-18,23-26,33-34,39-40H,3-6,15-16,19-22H2,1-2H3,(H2,47,57)(H2,48,58)(H,49,51)(H,50,52)/t33-,34-,39+,40+/m1/s1. The zero-order valence-electron chi connectivity index (χ0n) is 34.7. The van der Waals surface area contributed by atoms with Crippen molar-refractivity contribution in [2.45, 2.75) is 89.5 Å². The second-order valence-corrected chi connectivity index (χ2v) is 17.6. The molecule has 0 spiro atoms. The average molecular weight is 875 g/mol. The van der Waals surface area contributed by atoms with Crippen molar-refractivity contribution < 1.29 is 28.7 Å². The van der Waals surface area contributed by atoms with Gasteiger partial charge in [0.15, 0.2) is 0 Å². The highest BCUT2D eigenvalue weighted by molar-refractivity contribution is 7.08. The first kappa shape index (κ1) is 42.4. The van der Waals surface area contributed by atoms with Gasteiger partial charge in [0.2, 0.25) is 11.8 Å². The third kappa shape index (κ3) is 9.61. The molecule has 322 valence electrons. The number of carbonyl (C=O) groups is 4. The number of hydrogen-bond acceptors (Lipinski definition) is 10. The maximum Gasteiger partial charge on any atom is 0.404 e. The Morgan fingerprint density at radius 2 is 1.15 bits per heavy atom. The number of hydrogen-bond donors (Lipinski definition) is 4. The number of aromatic amines is 2. The minimum absolute atomic E-state index is 0.0452. The van der Waals surface area contributed by atoms with Gasteiger partial charge in [-0.15, -0.1) is 0 Å². The van der Waals surface area contributed by atoms with Crippen LogP contribution in [0.4, 0.5) is 9.59 Å². The van der Waals surface area contributed by atoms with Crippen molar-refractivity contribution in [3.63, 3.8) is 0 Å². The number of ether oxygens (including phenoxy) is 2. The Balaban J connectivity index is 0.918. The number of nitrogens with one attached hydrogen (secondary N) is 2. The van der Waals surface area contributed by atoms with Gasteiger partial charge in [-0.2, -0.15) is 22.7 Å². The molecule has 8 rings (SSSR count). The SMILES string of the molecule is Cc1c(-c2ccc(-c3cnc([C@@H]4CCCN4C(=O)C[C@@H](Cc4ccsc4)OC(N)=O)[nH]3)cc2)ccc(-c2cnc([C@@H]3CCCN3C(=O)C[C@@H](Cc3ccsc3)OC(N)=O)[nH]2)c1C. The van der Waals surface area contributed by atoms with Crippen LogP contribution in [0.5, 0.6) is 0 Å². The molecule has 0 unspecified atom stereocenters. The van der Waals surface area contributed by atoms with Gasteiger partial charge in [0.1, 0.15) is 23.9 Å². The van der Waals surface area contributed by atoms with E-state index in [1.807, 2.05) is 55.8 Å². The van der Waals surface area contributed by atoms with Gasteiger partial charge in [0.25, 0.3) is 0 Å². The summed E-state index contributed by atoms with van der Waals surface area (Å²) >= 11 is 3.10. The molecule has 2 fully saturated rings. The molecule has 4 atom stereocenters. The van der Waals surface area contributed by atoms with Crippen molar-refractivity contribution in [2.75, 3.05) is 13.1 Å². The predicted octanol–water partition coefficient (Wildman–Crippen LogP) is 8.39. The van der Waals surface area contributed by atoms with E-state index in [2.05, 4.69) is 60.2 Å². The number of thiophene rings is 2. The van der Waals surface area contributed by atoms with Crippen molar-refractivity contribution in [1.29, 1.82) is 0 Å². The predicted molar refractivity (Wildman–Crippen MR) is 238 cm³/mol. The number of nitrogens with zero attached hydrogens (tertiary/aromatic N) is 4. The van der Waals surface area contributed by atoms with Gasteiger partial charge < -0.3 is 40.7 Å². The van der Waals surface area contributed by atoms with Crippen molar-refractivity contribution in [2.24, 2.45) is 11.5 Å². The highest BCUT2D eigenvalue weighted by Gasteiger charge is 2.35. The molecule has 6 N–H and O–H groups in total. The number of likely N-dealkylation sites (tertiary alicyclic amines) is 2. The lowest BCUT2D eigenvalue weighted by Crippen LogP contribution is -2.36. The van der Waals surface area contributed by atoms with E-state index in [9.17, 15) is 19.2 Å². The second-order valence-electron chi connectivity index (χ2n) is 16.0. The number of primary amides is 2. The van der Waals surface area contributed by atoms with E-state index in [1.165, 1.54) is 0 Å². The summed E-state index contributed by atoms with van der Waals surface area (Å²) < 4.78 is 10.7. The molecule has 16 heteroatoms. The normalized spacial score (nSPS) is 17.3. The Morgan fingerprint density at radius 1 is 0.677 bits per heavy atom. The van der Waals surface area contributed by atoms with Crippen molar-refractivity contribution in [1.82, 2.24) is 29.7 Å². The quantitative estimate of drug-likeness (QED) is 0.0787. The number of amides is 4. The van der Waals surface area contributed by atoms with Crippen LogP contribution in [0.1, 0.15) is 84.5 Å². The molecule has 2 aliphatic rings. The van der Waals surface area contributed by atoms with Crippen molar-refractivity contribution in [3.8, 4) is 33.6 Å². The van der Waals surface area contributed by atoms with Crippen LogP contribution in [0.25, 0.3) is 33.6 Å². The molecule has 0 aliphatic carbocycles. The lowest BCUT2D eigenvalue weighted by molar-refractivity contribution is -0.135. The first-order chi connectivity index (χ1) is 30.0. The van der Waals surface area contributed by atoms with Crippen molar-refractivity contribution in [3.05, 3.63) is 116 Å². The van der Waals surface area contributed by atoms with Crippen LogP contribution in [0.3, 0.4) is 0 Å². The molecule has 6 heterocycles. The van der Waals surface area contributed by atoms with E-state index in [0.717, 1.165) is 93.2 Å². The summed E-state index contributed by atoms with van der Waals surface area (Å²) in [4.78, 5) is 70.6.